The molecule has 0 bridgehead atoms. The monoisotopic (exact) mass is 434 g/mol. The fraction of sp³-hybridized carbons (Fsp3) is 0.333. The molecular formula is C24H26N4O4. The minimum atomic E-state index is -0.222. The number of para-hydroxylation sites is 2. The van der Waals surface area contributed by atoms with E-state index in [1.807, 2.05) is 57.2 Å². The molecule has 1 aliphatic rings. The quantitative estimate of drug-likeness (QED) is 0.647. The van der Waals surface area contributed by atoms with Gasteiger partial charge in [-0.1, -0.05) is 38.1 Å². The lowest BCUT2D eigenvalue weighted by Gasteiger charge is -2.29. The molecule has 2 heterocycles. The Morgan fingerprint density at radius 2 is 1.81 bits per heavy atom. The average molecular weight is 434 g/mol. The SMILES string of the molecule is CC(C)(C)c1nc(-c2ccc(NC(=O)CCC(=O)N3CCOc4ccccc43)cc2)no1. The van der Waals surface area contributed by atoms with E-state index in [9.17, 15) is 9.59 Å². The van der Waals surface area contributed by atoms with Crippen LogP contribution in [0.4, 0.5) is 11.4 Å². The van der Waals surface area contributed by atoms with Gasteiger partial charge in [0, 0.05) is 29.5 Å². The lowest BCUT2D eigenvalue weighted by atomic mass is 9.97. The summed E-state index contributed by atoms with van der Waals surface area (Å²) < 4.78 is 10.9. The molecule has 2 aromatic carbocycles. The van der Waals surface area contributed by atoms with Gasteiger partial charge >= 0.3 is 0 Å². The first-order valence-corrected chi connectivity index (χ1v) is 10.6. The first kappa shape index (κ1) is 21.5. The Balaban J connectivity index is 1.32. The summed E-state index contributed by atoms with van der Waals surface area (Å²) in [5.41, 5.74) is 1.96. The fourth-order valence-electron chi connectivity index (χ4n) is 3.36. The van der Waals surface area contributed by atoms with Gasteiger partial charge in [-0.15, -0.1) is 0 Å². The summed E-state index contributed by atoms with van der Waals surface area (Å²) >= 11 is 0. The third kappa shape index (κ3) is 4.80. The van der Waals surface area contributed by atoms with Crippen molar-refractivity contribution in [1.82, 2.24) is 10.1 Å². The lowest BCUT2D eigenvalue weighted by molar-refractivity contribution is -0.122. The van der Waals surface area contributed by atoms with Crippen LogP contribution in [0.5, 0.6) is 5.75 Å². The number of hydrogen-bond acceptors (Lipinski definition) is 6. The van der Waals surface area contributed by atoms with Gasteiger partial charge in [-0.2, -0.15) is 4.98 Å². The number of nitrogens with one attached hydrogen (secondary N) is 1. The highest BCUT2D eigenvalue weighted by molar-refractivity contribution is 5.99. The predicted molar refractivity (Wildman–Crippen MR) is 121 cm³/mol. The molecule has 0 radical (unpaired) electrons. The molecule has 4 rings (SSSR count). The molecule has 0 atom stereocenters. The average Bonchev–Trinajstić information content (AvgIpc) is 3.29. The van der Waals surface area contributed by atoms with Crippen LogP contribution in [0.1, 0.15) is 39.5 Å². The minimum Gasteiger partial charge on any atom is -0.490 e. The number of hydrogen-bond donors (Lipinski definition) is 1. The van der Waals surface area contributed by atoms with Crippen molar-refractivity contribution in [3.8, 4) is 17.1 Å². The van der Waals surface area contributed by atoms with Gasteiger partial charge < -0.3 is 19.5 Å². The van der Waals surface area contributed by atoms with E-state index in [2.05, 4.69) is 15.5 Å². The van der Waals surface area contributed by atoms with Crippen molar-refractivity contribution in [2.75, 3.05) is 23.4 Å². The van der Waals surface area contributed by atoms with Gasteiger partial charge in [0.05, 0.1) is 12.2 Å². The van der Waals surface area contributed by atoms with Crippen LogP contribution in [-0.2, 0) is 15.0 Å². The Morgan fingerprint density at radius 3 is 2.53 bits per heavy atom. The number of benzene rings is 2. The molecule has 1 N–H and O–H groups in total. The summed E-state index contributed by atoms with van der Waals surface area (Å²) in [6.45, 7) is 6.94. The molecule has 0 unspecified atom stereocenters. The summed E-state index contributed by atoms with van der Waals surface area (Å²) in [6.07, 6.45) is 0.219. The van der Waals surface area contributed by atoms with E-state index in [1.54, 1.807) is 17.0 Å². The molecular weight excluding hydrogens is 408 g/mol. The van der Waals surface area contributed by atoms with Crippen molar-refractivity contribution in [3.05, 3.63) is 54.4 Å². The topological polar surface area (TPSA) is 97.6 Å². The number of amides is 2. The lowest BCUT2D eigenvalue weighted by Crippen LogP contribution is -2.38. The standard InChI is InChI=1S/C24H26N4O4/c1-24(2,3)23-26-22(27-32-23)16-8-10-17(11-9-16)25-20(29)12-13-21(30)28-14-15-31-19-7-5-4-6-18(19)28/h4-11H,12-15H2,1-3H3,(H,25,29). The van der Waals surface area contributed by atoms with E-state index in [-0.39, 0.29) is 30.1 Å². The van der Waals surface area contributed by atoms with Crippen molar-refractivity contribution in [2.45, 2.75) is 39.0 Å². The summed E-state index contributed by atoms with van der Waals surface area (Å²) in [6, 6.07) is 14.6. The molecule has 1 aliphatic heterocycles. The van der Waals surface area contributed by atoms with E-state index in [1.165, 1.54) is 0 Å². The van der Waals surface area contributed by atoms with E-state index < -0.39 is 0 Å². The zero-order valence-corrected chi connectivity index (χ0v) is 18.4. The molecule has 8 nitrogen and oxygen atoms in total. The number of aromatic nitrogens is 2. The van der Waals surface area contributed by atoms with Gasteiger partial charge in [0.25, 0.3) is 0 Å². The van der Waals surface area contributed by atoms with Gasteiger partial charge in [-0.05, 0) is 36.4 Å². The summed E-state index contributed by atoms with van der Waals surface area (Å²) in [5.74, 6) is 1.44. The Kier molecular flexibility index (Phi) is 5.94. The van der Waals surface area contributed by atoms with E-state index in [4.69, 9.17) is 9.26 Å². The Hall–Kier alpha value is -3.68. The van der Waals surface area contributed by atoms with Gasteiger partial charge in [0.15, 0.2) is 0 Å². The van der Waals surface area contributed by atoms with Crippen LogP contribution >= 0.6 is 0 Å². The molecule has 1 aromatic heterocycles. The number of fused-ring (bicyclic) bond motifs is 1. The van der Waals surface area contributed by atoms with Crippen molar-refractivity contribution in [3.63, 3.8) is 0 Å². The summed E-state index contributed by atoms with van der Waals surface area (Å²) in [5, 5.41) is 6.86. The van der Waals surface area contributed by atoms with E-state index in [0.29, 0.717) is 36.3 Å². The van der Waals surface area contributed by atoms with Crippen LogP contribution in [0.3, 0.4) is 0 Å². The Bertz CT molecular complexity index is 1120. The molecule has 166 valence electrons. The number of rotatable bonds is 5. The van der Waals surface area contributed by atoms with Crippen molar-refractivity contribution in [1.29, 1.82) is 0 Å². The molecule has 0 aliphatic carbocycles. The second-order valence-electron chi connectivity index (χ2n) is 8.66. The Morgan fingerprint density at radius 1 is 1.06 bits per heavy atom. The maximum Gasteiger partial charge on any atom is 0.232 e. The highest BCUT2D eigenvalue weighted by atomic mass is 16.5. The number of ether oxygens (including phenoxy) is 1. The normalized spacial score (nSPS) is 13.3. The van der Waals surface area contributed by atoms with Crippen molar-refractivity contribution in [2.24, 2.45) is 0 Å². The molecule has 0 fully saturated rings. The molecule has 8 heteroatoms. The summed E-state index contributed by atoms with van der Waals surface area (Å²) in [7, 11) is 0. The van der Waals surface area contributed by atoms with Crippen LogP contribution in [0.2, 0.25) is 0 Å². The smallest absolute Gasteiger partial charge is 0.232 e. The molecule has 0 saturated heterocycles. The van der Waals surface area contributed by atoms with Gasteiger partial charge in [0.1, 0.15) is 12.4 Å². The van der Waals surface area contributed by atoms with E-state index >= 15 is 0 Å². The molecule has 0 saturated carbocycles. The Labute approximate surface area is 186 Å². The maximum absolute atomic E-state index is 12.7. The zero-order chi connectivity index (χ0) is 22.7. The van der Waals surface area contributed by atoms with Crippen LogP contribution in [0, 0.1) is 0 Å². The molecule has 2 amide bonds. The number of anilines is 2. The highest BCUT2D eigenvalue weighted by Crippen LogP contribution is 2.31. The molecule has 32 heavy (non-hydrogen) atoms. The molecule has 3 aromatic rings. The number of carbonyl (C=O) groups excluding carboxylic acids is 2. The second kappa shape index (κ2) is 8.82. The van der Waals surface area contributed by atoms with E-state index in [0.717, 1.165) is 11.3 Å². The zero-order valence-electron chi connectivity index (χ0n) is 18.4. The maximum atomic E-state index is 12.7. The molecule has 0 spiro atoms. The number of carbonyl (C=O) groups is 2. The third-order valence-electron chi connectivity index (χ3n) is 5.09. The van der Waals surface area contributed by atoms with Crippen molar-refractivity contribution < 1.29 is 18.8 Å². The minimum absolute atomic E-state index is 0.0971. The first-order valence-electron chi connectivity index (χ1n) is 10.6. The van der Waals surface area contributed by atoms with Crippen LogP contribution < -0.4 is 15.0 Å². The van der Waals surface area contributed by atoms with Crippen molar-refractivity contribution >= 4 is 23.2 Å². The third-order valence-corrected chi connectivity index (χ3v) is 5.09. The fourth-order valence-corrected chi connectivity index (χ4v) is 3.36. The van der Waals surface area contributed by atoms with Crippen LogP contribution in [-0.4, -0.2) is 35.1 Å². The van der Waals surface area contributed by atoms with Gasteiger partial charge in [-0.3, -0.25) is 9.59 Å². The van der Waals surface area contributed by atoms with Gasteiger partial charge in [-0.25, -0.2) is 0 Å². The second-order valence-corrected chi connectivity index (χ2v) is 8.66. The van der Waals surface area contributed by atoms with Crippen LogP contribution in [0.15, 0.2) is 53.1 Å². The first-order chi connectivity index (χ1) is 15.3. The highest BCUT2D eigenvalue weighted by Gasteiger charge is 2.24. The van der Waals surface area contributed by atoms with Gasteiger partial charge in [0.2, 0.25) is 23.5 Å². The predicted octanol–water partition coefficient (Wildman–Crippen LogP) is 4.18. The van der Waals surface area contributed by atoms with Crippen LogP contribution in [0.25, 0.3) is 11.4 Å². The summed E-state index contributed by atoms with van der Waals surface area (Å²) in [4.78, 5) is 31.1. The largest absolute Gasteiger partial charge is 0.490 e. The number of nitrogens with zero attached hydrogens (tertiary/aromatic N) is 3.